The number of alkyl halides is 3. The van der Waals surface area contributed by atoms with Gasteiger partial charge in [0.25, 0.3) is 0 Å². The van der Waals surface area contributed by atoms with E-state index in [1.54, 1.807) is 6.92 Å². The van der Waals surface area contributed by atoms with Gasteiger partial charge in [0.1, 0.15) is 5.54 Å². The van der Waals surface area contributed by atoms with Gasteiger partial charge in [-0.25, -0.2) is 0 Å². The lowest BCUT2D eigenvalue weighted by atomic mass is 9.94. The topological polar surface area (TPSA) is 47.6 Å². The van der Waals surface area contributed by atoms with Crippen LogP contribution in [0.15, 0.2) is 0 Å². The van der Waals surface area contributed by atoms with Crippen LogP contribution in [0.4, 0.5) is 13.2 Å². The van der Waals surface area contributed by atoms with Crippen molar-refractivity contribution in [3.63, 3.8) is 0 Å². The Labute approximate surface area is 124 Å². The maximum absolute atomic E-state index is 12.2. The predicted octanol–water partition coefficient (Wildman–Crippen LogP) is 3.06. The summed E-state index contributed by atoms with van der Waals surface area (Å²) in [6, 6.07) is 0. The van der Waals surface area contributed by atoms with Crippen molar-refractivity contribution < 1.29 is 27.4 Å². The molecule has 126 valence electrons. The number of carbonyl (C=O) groups excluding carboxylic acids is 1. The predicted molar refractivity (Wildman–Crippen MR) is 74.0 cm³/mol. The Morgan fingerprint density at radius 1 is 1.29 bits per heavy atom. The highest BCUT2D eigenvalue weighted by Crippen LogP contribution is 2.23. The second kappa shape index (κ2) is 9.25. The molecule has 7 heteroatoms. The van der Waals surface area contributed by atoms with Gasteiger partial charge in [-0.1, -0.05) is 6.92 Å². The van der Waals surface area contributed by atoms with Crippen LogP contribution >= 0.6 is 0 Å². The molecule has 0 saturated heterocycles. The summed E-state index contributed by atoms with van der Waals surface area (Å²) in [7, 11) is 1.32. The van der Waals surface area contributed by atoms with E-state index in [1.165, 1.54) is 7.11 Å². The second-order valence-electron chi connectivity index (χ2n) is 5.26. The first-order valence-corrected chi connectivity index (χ1v) is 7.19. The third-order valence-electron chi connectivity index (χ3n) is 3.30. The Bertz CT molecular complexity index is 310. The number of hydrogen-bond donors (Lipinski definition) is 1. The standard InChI is InChI=1S/C14H26F3NO3/c1-5-9-18-13(3,12(19)20-4)8-6-7-10-21-11(2)14(15,16)17/h11,18H,5-10H2,1-4H3. The van der Waals surface area contributed by atoms with Crippen molar-refractivity contribution in [3.05, 3.63) is 0 Å². The average Bonchev–Trinajstić information content (AvgIpc) is 2.42. The van der Waals surface area contributed by atoms with E-state index in [2.05, 4.69) is 5.32 Å². The summed E-state index contributed by atoms with van der Waals surface area (Å²) >= 11 is 0. The van der Waals surface area contributed by atoms with Gasteiger partial charge in [-0.05, 0) is 46.1 Å². The van der Waals surface area contributed by atoms with Crippen molar-refractivity contribution in [2.75, 3.05) is 20.3 Å². The molecule has 0 fully saturated rings. The molecule has 0 bridgehead atoms. The van der Waals surface area contributed by atoms with E-state index in [1.807, 2.05) is 6.92 Å². The quantitative estimate of drug-likeness (QED) is 0.497. The highest BCUT2D eigenvalue weighted by Gasteiger charge is 2.37. The van der Waals surface area contributed by atoms with Gasteiger partial charge in [0.2, 0.25) is 0 Å². The molecule has 2 unspecified atom stereocenters. The van der Waals surface area contributed by atoms with Crippen LogP contribution in [-0.4, -0.2) is 44.0 Å². The summed E-state index contributed by atoms with van der Waals surface area (Å²) in [4.78, 5) is 11.8. The fourth-order valence-electron chi connectivity index (χ4n) is 1.82. The van der Waals surface area contributed by atoms with Gasteiger partial charge in [-0.2, -0.15) is 13.2 Å². The first-order valence-electron chi connectivity index (χ1n) is 7.19. The number of hydrogen-bond acceptors (Lipinski definition) is 4. The molecule has 0 aromatic rings. The zero-order valence-corrected chi connectivity index (χ0v) is 13.2. The second-order valence-corrected chi connectivity index (χ2v) is 5.26. The molecule has 21 heavy (non-hydrogen) atoms. The van der Waals surface area contributed by atoms with Crippen LogP contribution in [0.5, 0.6) is 0 Å². The number of methoxy groups -OCH3 is 1. The maximum Gasteiger partial charge on any atom is 0.414 e. The largest absolute Gasteiger partial charge is 0.468 e. The number of carbonyl (C=O) groups is 1. The maximum atomic E-state index is 12.2. The lowest BCUT2D eigenvalue weighted by molar-refractivity contribution is -0.214. The molecule has 0 aromatic heterocycles. The number of nitrogens with one attached hydrogen (secondary N) is 1. The third-order valence-corrected chi connectivity index (χ3v) is 3.30. The van der Waals surface area contributed by atoms with Crippen molar-refractivity contribution in [1.29, 1.82) is 0 Å². The van der Waals surface area contributed by atoms with E-state index in [-0.39, 0.29) is 12.6 Å². The summed E-state index contributed by atoms with van der Waals surface area (Å²) in [5.74, 6) is -0.361. The van der Waals surface area contributed by atoms with Gasteiger partial charge in [0, 0.05) is 6.61 Å². The number of esters is 1. The summed E-state index contributed by atoms with van der Waals surface area (Å²) in [6.07, 6.45) is -3.69. The molecule has 0 rings (SSSR count). The Morgan fingerprint density at radius 2 is 1.90 bits per heavy atom. The minimum atomic E-state index is -4.33. The van der Waals surface area contributed by atoms with Gasteiger partial charge in [0.05, 0.1) is 7.11 Å². The van der Waals surface area contributed by atoms with Gasteiger partial charge >= 0.3 is 12.1 Å². The zero-order valence-electron chi connectivity index (χ0n) is 13.2. The van der Waals surface area contributed by atoms with Crippen LogP contribution in [0.2, 0.25) is 0 Å². The monoisotopic (exact) mass is 313 g/mol. The minimum absolute atomic E-state index is 0.0196. The van der Waals surface area contributed by atoms with E-state index < -0.39 is 17.8 Å². The molecule has 0 aliphatic rings. The summed E-state index contributed by atoms with van der Waals surface area (Å²) in [6.45, 7) is 5.41. The molecule has 0 spiro atoms. The zero-order chi connectivity index (χ0) is 16.5. The van der Waals surface area contributed by atoms with E-state index in [9.17, 15) is 18.0 Å². The molecule has 0 saturated carbocycles. The van der Waals surface area contributed by atoms with Gasteiger partial charge in [-0.15, -0.1) is 0 Å². The number of ether oxygens (including phenoxy) is 2. The smallest absolute Gasteiger partial charge is 0.414 e. The first-order chi connectivity index (χ1) is 9.67. The molecule has 0 aliphatic heterocycles. The van der Waals surface area contributed by atoms with Crippen molar-refractivity contribution >= 4 is 5.97 Å². The molecule has 0 aliphatic carbocycles. The van der Waals surface area contributed by atoms with Crippen LogP contribution in [0, 0.1) is 0 Å². The Kier molecular flexibility index (Phi) is 8.89. The first kappa shape index (κ1) is 20.2. The molecule has 0 heterocycles. The number of unbranched alkanes of at least 4 members (excludes halogenated alkanes) is 1. The third kappa shape index (κ3) is 7.66. The summed E-state index contributed by atoms with van der Waals surface area (Å²) < 4.78 is 46.2. The van der Waals surface area contributed by atoms with E-state index in [0.717, 1.165) is 13.3 Å². The van der Waals surface area contributed by atoms with Crippen molar-refractivity contribution in [1.82, 2.24) is 5.32 Å². The normalized spacial score (nSPS) is 16.3. The van der Waals surface area contributed by atoms with Crippen LogP contribution in [0.1, 0.15) is 46.5 Å². The van der Waals surface area contributed by atoms with Gasteiger partial charge < -0.3 is 14.8 Å². The van der Waals surface area contributed by atoms with Crippen LogP contribution < -0.4 is 5.32 Å². The number of rotatable bonds is 10. The lowest BCUT2D eigenvalue weighted by Gasteiger charge is -2.28. The molecule has 4 nitrogen and oxygen atoms in total. The summed E-state index contributed by atoms with van der Waals surface area (Å²) in [5, 5.41) is 3.13. The van der Waals surface area contributed by atoms with E-state index >= 15 is 0 Å². The van der Waals surface area contributed by atoms with Crippen LogP contribution in [0.3, 0.4) is 0 Å². The van der Waals surface area contributed by atoms with Crippen molar-refractivity contribution in [2.45, 2.75) is 64.3 Å². The fraction of sp³-hybridized carbons (Fsp3) is 0.929. The summed E-state index contributed by atoms with van der Waals surface area (Å²) in [5.41, 5.74) is -0.805. The Balaban J connectivity index is 4.12. The molecular formula is C14H26F3NO3. The molecule has 1 N–H and O–H groups in total. The SMILES string of the molecule is CCCNC(C)(CCCCOC(C)C(F)(F)F)C(=O)OC. The fourth-order valence-corrected chi connectivity index (χ4v) is 1.82. The van der Waals surface area contributed by atoms with Gasteiger partial charge in [0.15, 0.2) is 6.10 Å². The van der Waals surface area contributed by atoms with Crippen LogP contribution in [-0.2, 0) is 14.3 Å². The Morgan fingerprint density at radius 3 is 2.38 bits per heavy atom. The Hall–Kier alpha value is -0.820. The van der Waals surface area contributed by atoms with E-state index in [4.69, 9.17) is 9.47 Å². The molecule has 0 amide bonds. The molecule has 0 radical (unpaired) electrons. The highest BCUT2D eigenvalue weighted by atomic mass is 19.4. The lowest BCUT2D eigenvalue weighted by Crippen LogP contribution is -2.50. The number of halogens is 3. The molecule has 0 aromatic carbocycles. The van der Waals surface area contributed by atoms with Crippen molar-refractivity contribution in [3.8, 4) is 0 Å². The molecule has 2 atom stereocenters. The van der Waals surface area contributed by atoms with Crippen LogP contribution in [0.25, 0.3) is 0 Å². The van der Waals surface area contributed by atoms with E-state index in [0.29, 0.717) is 25.8 Å². The van der Waals surface area contributed by atoms with Gasteiger partial charge in [-0.3, -0.25) is 4.79 Å². The highest BCUT2D eigenvalue weighted by molar-refractivity contribution is 5.80. The average molecular weight is 313 g/mol. The van der Waals surface area contributed by atoms with Crippen molar-refractivity contribution in [2.24, 2.45) is 0 Å². The minimum Gasteiger partial charge on any atom is -0.468 e. The molecular weight excluding hydrogens is 287 g/mol.